The normalized spacial score (nSPS) is 16.8. The largest absolute Gasteiger partial charge is 0.363 e. The second-order valence-corrected chi connectivity index (χ2v) is 25.5. The highest BCUT2D eigenvalue weighted by Gasteiger charge is 2.30. The highest BCUT2D eigenvalue weighted by atomic mass is 16.2. The number of benzene rings is 3. The summed E-state index contributed by atoms with van der Waals surface area (Å²) in [6.07, 6.45) is 17.1. The number of fused-ring (bicyclic) bond motifs is 6. The number of aromatic amines is 3. The lowest BCUT2D eigenvalue weighted by Crippen LogP contribution is -2.49. The van der Waals surface area contributed by atoms with Crippen molar-refractivity contribution in [2.24, 2.45) is 0 Å². The van der Waals surface area contributed by atoms with Crippen LogP contribution in [0, 0.1) is 13.8 Å². The summed E-state index contributed by atoms with van der Waals surface area (Å²) in [5.41, 5.74) is 13.7. The number of nitrogens with zero attached hydrogens (tertiary/aromatic N) is 15. The molecule has 4 aliphatic rings. The van der Waals surface area contributed by atoms with Crippen molar-refractivity contribution in [1.29, 1.82) is 0 Å². The molecule has 2 amide bonds. The molecule has 98 heavy (non-hydrogen) atoms. The maximum absolute atomic E-state index is 13.1. The van der Waals surface area contributed by atoms with Gasteiger partial charge in [0, 0.05) is 51.8 Å². The molecule has 1 fully saturated rings. The Morgan fingerprint density at radius 3 is 1.33 bits per heavy atom. The Morgan fingerprint density at radius 2 is 0.918 bits per heavy atom. The van der Waals surface area contributed by atoms with Gasteiger partial charge in [-0.25, -0.2) is 0 Å². The van der Waals surface area contributed by atoms with Crippen molar-refractivity contribution < 1.29 is 9.59 Å². The van der Waals surface area contributed by atoms with Gasteiger partial charge in [0.1, 0.15) is 46.5 Å². The highest BCUT2D eigenvalue weighted by Crippen LogP contribution is 2.39. The molecule has 3 aliphatic carbocycles. The van der Waals surface area contributed by atoms with Gasteiger partial charge >= 0.3 is 0 Å². The standard InChI is InChI=1S/C27H33N9O.C23H26N8O.C20H22N8.CH4/c1-17-23(16-29-36(17)18(2)26(37)35-14-12-34(3)13-15-35)31-27-32-24-21(10-11-28-24)25(33-27)30-22-9-8-19-6-4-5-7-20(19)22;1-13-19(12-26-31(13)14(2)22(32)24-3)28-23-29-20-17(10-11-25-20)21(30-23)27-18-9-8-15-6-4-5-7-16(15)18;1-12(2)28-22-11-17(27-28)24-20-25-18-15(9-10-21-18)19(26-20)23-16-8-7-13-5-3-4-6-14(13)16;/h4-7,10-11,16,18,22H,8-9,12-15H2,1-3H3,(H3,28,30,31,32,33);4-7,10-12,14,18H,8-9H2,1-3H3,(H,24,32)(H3,25,27,28,29,30);3-6,9-12,16H,7-8H2,1-2H3,(H3,21,23,24,25,26,27);1H4/t18?,22-;14?,18-;16-;/m000./s1. The number of anilines is 9. The number of rotatable bonds is 17. The molecular weight excluding hydrogens is 1230 g/mol. The van der Waals surface area contributed by atoms with Gasteiger partial charge in [0.05, 0.1) is 81.7 Å². The van der Waals surface area contributed by atoms with E-state index in [0.29, 0.717) is 23.7 Å². The minimum atomic E-state index is -0.415. The number of aromatic nitrogens is 16. The molecule has 10 N–H and O–H groups in total. The molecule has 0 radical (unpaired) electrons. The Balaban J connectivity index is 0.000000133. The average Bonchev–Trinajstić information content (AvgIpc) is 1.78. The first-order valence-electron chi connectivity index (χ1n) is 33.3. The maximum Gasteiger partial charge on any atom is 0.247 e. The SMILES string of the molecule is C.CC(C)n1ncc(Nc2nc(N[C@H]3CCc4ccccc43)c3cc[nH]c3n2)n1.CNC(=O)C(C)n1ncc(Nc2nc(N[C@H]3CCc4ccccc43)c3cc[nH]c3n2)c1C.Cc1c(Nc2nc(N[C@H]3CCc4ccccc43)c3cc[nH]c3n2)cnn1C(C)C(=O)N1CCN(C)CC1. The molecule has 0 saturated carbocycles. The van der Waals surface area contributed by atoms with Gasteiger partial charge in [0.2, 0.25) is 29.7 Å². The first-order chi connectivity index (χ1) is 47.2. The van der Waals surface area contributed by atoms with Gasteiger partial charge in [0.15, 0.2) is 5.82 Å². The van der Waals surface area contributed by atoms with Crippen LogP contribution in [0.25, 0.3) is 33.1 Å². The van der Waals surface area contributed by atoms with E-state index in [4.69, 9.17) is 15.0 Å². The Morgan fingerprint density at radius 1 is 0.510 bits per heavy atom. The number of carbonyl (C=O) groups excluding carboxylic acids is 2. The lowest BCUT2D eigenvalue weighted by Gasteiger charge is -2.34. The number of hydrogen-bond acceptors (Lipinski definition) is 19. The zero-order valence-corrected chi connectivity index (χ0v) is 55.7. The van der Waals surface area contributed by atoms with E-state index in [-0.39, 0.29) is 49.5 Å². The van der Waals surface area contributed by atoms with Crippen LogP contribution in [-0.4, -0.2) is 141 Å². The summed E-state index contributed by atoms with van der Waals surface area (Å²) in [5, 5.41) is 43.8. The third kappa shape index (κ3) is 13.5. The fraction of sp³-hybridized carbons (Fsp3) is 0.352. The van der Waals surface area contributed by atoms with Crippen LogP contribution in [0.3, 0.4) is 0 Å². The van der Waals surface area contributed by atoms with E-state index < -0.39 is 6.04 Å². The first-order valence-corrected chi connectivity index (χ1v) is 33.3. The van der Waals surface area contributed by atoms with Crippen molar-refractivity contribution in [3.8, 4) is 0 Å². The molecule has 16 rings (SSSR count). The van der Waals surface area contributed by atoms with Gasteiger partial charge < -0.3 is 62.0 Å². The van der Waals surface area contributed by atoms with Crippen LogP contribution in [0.5, 0.6) is 0 Å². The zero-order chi connectivity index (χ0) is 66.8. The number of nitrogens with one attached hydrogen (secondary N) is 10. The number of aryl methyl sites for hydroxylation is 3. The summed E-state index contributed by atoms with van der Waals surface area (Å²) >= 11 is 0. The van der Waals surface area contributed by atoms with Crippen LogP contribution >= 0.6 is 0 Å². The second kappa shape index (κ2) is 28.2. The molecule has 3 aromatic carbocycles. The number of amides is 2. The van der Waals surface area contributed by atoms with Gasteiger partial charge in [-0.05, 0) is 139 Å². The van der Waals surface area contributed by atoms with E-state index in [1.807, 2.05) is 83.2 Å². The van der Waals surface area contributed by atoms with Crippen molar-refractivity contribution >= 4 is 97.4 Å². The smallest absolute Gasteiger partial charge is 0.247 e. The van der Waals surface area contributed by atoms with Gasteiger partial charge in [0.25, 0.3) is 0 Å². The lowest BCUT2D eigenvalue weighted by atomic mass is 10.1. The molecule has 1 saturated heterocycles. The fourth-order valence-electron chi connectivity index (χ4n) is 13.5. The van der Waals surface area contributed by atoms with Crippen molar-refractivity contribution in [2.45, 2.75) is 124 Å². The predicted molar refractivity (Wildman–Crippen MR) is 384 cm³/mol. The number of H-pyrrole nitrogens is 3. The molecule has 27 nitrogen and oxygen atoms in total. The number of likely N-dealkylation sites (N-methyl/N-ethyl adjacent to an activating group) is 2. The number of carbonyl (C=O) groups is 2. The van der Waals surface area contributed by atoms with Crippen molar-refractivity contribution in [3.05, 3.63) is 173 Å². The molecule has 0 bridgehead atoms. The molecule has 10 heterocycles. The van der Waals surface area contributed by atoms with Crippen LogP contribution < -0.4 is 37.2 Å². The second-order valence-electron chi connectivity index (χ2n) is 25.5. The molecule has 12 aromatic rings. The Kier molecular flexibility index (Phi) is 18.9. The van der Waals surface area contributed by atoms with E-state index in [0.717, 1.165) is 138 Å². The minimum absolute atomic E-state index is 0. The Labute approximate surface area is 567 Å². The fourth-order valence-corrected chi connectivity index (χ4v) is 13.5. The quantitative estimate of drug-likeness (QED) is 0.0405. The summed E-state index contributed by atoms with van der Waals surface area (Å²) in [7, 11) is 3.70. The molecule has 0 spiro atoms. The van der Waals surface area contributed by atoms with Crippen LogP contribution in [0.2, 0.25) is 0 Å². The molecule has 1 aliphatic heterocycles. The average molecular weight is 1320 g/mol. The molecule has 5 atom stereocenters. The van der Waals surface area contributed by atoms with Crippen LogP contribution in [0.4, 0.5) is 52.5 Å². The van der Waals surface area contributed by atoms with Gasteiger partial charge in [-0.2, -0.15) is 50.0 Å². The maximum atomic E-state index is 13.1. The van der Waals surface area contributed by atoms with Crippen molar-refractivity contribution in [2.75, 3.05) is 72.2 Å². The van der Waals surface area contributed by atoms with Crippen molar-refractivity contribution in [3.63, 3.8) is 0 Å². The summed E-state index contributed by atoms with van der Waals surface area (Å²) in [4.78, 5) is 68.8. The molecule has 506 valence electrons. The third-order valence-corrected chi connectivity index (χ3v) is 18.9. The van der Waals surface area contributed by atoms with Crippen LogP contribution in [0.15, 0.2) is 128 Å². The van der Waals surface area contributed by atoms with E-state index >= 15 is 0 Å². The topological polar surface area (TPSA) is 316 Å². The monoisotopic (exact) mass is 1320 g/mol. The molecule has 2 unspecified atom stereocenters. The van der Waals surface area contributed by atoms with E-state index in [1.54, 1.807) is 39.8 Å². The lowest BCUT2D eigenvalue weighted by molar-refractivity contribution is -0.136. The summed E-state index contributed by atoms with van der Waals surface area (Å²) in [6, 6.07) is 31.8. The Bertz CT molecular complexity index is 4800. The van der Waals surface area contributed by atoms with E-state index in [1.165, 1.54) is 33.4 Å². The summed E-state index contributed by atoms with van der Waals surface area (Å²) in [6.45, 7) is 14.9. The van der Waals surface area contributed by atoms with E-state index in [9.17, 15) is 9.59 Å². The summed E-state index contributed by atoms with van der Waals surface area (Å²) < 4.78 is 3.47. The molecule has 9 aromatic heterocycles. The van der Waals surface area contributed by atoms with Gasteiger partial charge in [-0.3, -0.25) is 19.0 Å². The van der Waals surface area contributed by atoms with Gasteiger partial charge in [-0.1, -0.05) is 80.2 Å². The zero-order valence-electron chi connectivity index (χ0n) is 55.7. The predicted octanol–water partition coefficient (Wildman–Crippen LogP) is 11.9. The minimum Gasteiger partial charge on any atom is -0.363 e. The highest BCUT2D eigenvalue weighted by molar-refractivity contribution is 5.91. The summed E-state index contributed by atoms with van der Waals surface area (Å²) in [5.74, 6) is 4.42. The molecule has 27 heteroatoms. The van der Waals surface area contributed by atoms with Crippen molar-refractivity contribution in [1.82, 2.24) is 94.5 Å². The van der Waals surface area contributed by atoms with E-state index in [2.05, 4.69) is 172 Å². The third-order valence-electron chi connectivity index (χ3n) is 18.9. The number of hydrogen-bond donors (Lipinski definition) is 10. The molecular formula is C71H85N25O2. The number of piperazine rings is 1. The van der Waals surface area contributed by atoms with Gasteiger partial charge in [-0.15, -0.1) is 5.10 Å². The van der Waals surface area contributed by atoms with Crippen LogP contribution in [-0.2, 0) is 28.9 Å². The van der Waals surface area contributed by atoms with Crippen LogP contribution in [0.1, 0.15) is 135 Å². The Hall–Kier alpha value is -11.2. The first kappa shape index (κ1) is 65.4.